The Morgan fingerprint density at radius 2 is 1.94 bits per heavy atom. The van der Waals surface area contributed by atoms with E-state index in [2.05, 4.69) is 10.3 Å². The number of alkyl halides is 3. The van der Waals surface area contributed by atoms with Gasteiger partial charge in [0.25, 0.3) is 15.9 Å². The van der Waals surface area contributed by atoms with E-state index in [0.717, 1.165) is 42.2 Å². The number of nitrogens with zero attached hydrogens (tertiary/aromatic N) is 3. The van der Waals surface area contributed by atoms with Crippen LogP contribution < -0.4 is 5.32 Å². The van der Waals surface area contributed by atoms with E-state index in [-0.39, 0.29) is 5.76 Å². The first-order valence-electron chi connectivity index (χ1n) is 9.62. The number of halogens is 3. The number of carbonyl (C=O) groups excluding carboxylic acids is 1. The van der Waals surface area contributed by atoms with E-state index in [0.29, 0.717) is 13.1 Å². The summed E-state index contributed by atoms with van der Waals surface area (Å²) in [6.07, 6.45) is -1.16. The summed E-state index contributed by atoms with van der Waals surface area (Å²) in [5.74, 6) is -1.87. The third-order valence-electron chi connectivity index (χ3n) is 5.15. The average Bonchev–Trinajstić information content (AvgIpc) is 3.37. The minimum atomic E-state index is -5.03. The maximum atomic E-state index is 13.5. The third-order valence-corrected chi connectivity index (χ3v) is 6.92. The predicted molar refractivity (Wildman–Crippen MR) is 101 cm³/mol. The molecule has 3 rings (SSSR count). The lowest BCUT2D eigenvalue weighted by atomic mass is 9.97. The van der Waals surface area contributed by atoms with Crippen molar-refractivity contribution in [1.82, 2.24) is 19.2 Å². The van der Waals surface area contributed by atoms with Gasteiger partial charge in [0.05, 0.1) is 0 Å². The van der Waals surface area contributed by atoms with E-state index in [1.165, 1.54) is 17.5 Å². The monoisotopic (exact) mass is 464 g/mol. The number of nitrogens with one attached hydrogen (secondary N) is 1. The van der Waals surface area contributed by atoms with E-state index in [9.17, 15) is 31.5 Å². The largest absolute Gasteiger partial charge is 0.438 e. The number of hydrogen-bond acceptors (Lipinski definition) is 6. The molecule has 2 aromatic rings. The first-order chi connectivity index (χ1) is 14.5. The molecule has 0 aliphatic carbocycles. The fourth-order valence-electron chi connectivity index (χ4n) is 3.40. The molecule has 0 saturated carbocycles. The highest BCUT2D eigenvalue weighted by Gasteiger charge is 2.57. The quantitative estimate of drug-likeness (QED) is 0.645. The van der Waals surface area contributed by atoms with Gasteiger partial charge in [-0.25, -0.2) is 13.4 Å². The Bertz CT molecular complexity index is 1030. The van der Waals surface area contributed by atoms with E-state index in [1.54, 1.807) is 0 Å². The number of carbonyl (C=O) groups is 1. The van der Waals surface area contributed by atoms with Crippen molar-refractivity contribution in [1.29, 1.82) is 0 Å². The van der Waals surface area contributed by atoms with Gasteiger partial charge in [0.15, 0.2) is 5.76 Å². The van der Waals surface area contributed by atoms with Crippen LogP contribution in [0.25, 0.3) is 0 Å². The van der Waals surface area contributed by atoms with E-state index >= 15 is 0 Å². The summed E-state index contributed by atoms with van der Waals surface area (Å²) in [4.78, 5) is 15.8. The maximum absolute atomic E-state index is 13.5. The van der Waals surface area contributed by atoms with E-state index < -0.39 is 51.6 Å². The van der Waals surface area contributed by atoms with E-state index in [4.69, 9.17) is 4.42 Å². The second kappa shape index (κ2) is 8.63. The van der Waals surface area contributed by atoms with Gasteiger partial charge in [-0.1, -0.05) is 6.42 Å². The second-order valence-electron chi connectivity index (χ2n) is 7.31. The Hall–Kier alpha value is -2.38. The molecule has 0 radical (unpaired) electrons. The zero-order valence-corrected chi connectivity index (χ0v) is 17.5. The minimum Gasteiger partial charge on any atom is -0.438 e. The summed E-state index contributed by atoms with van der Waals surface area (Å²) in [5.41, 5.74) is -3.27. The van der Waals surface area contributed by atoms with Crippen LogP contribution in [0, 0.1) is 0 Å². The number of aliphatic hydroxyl groups is 1. The van der Waals surface area contributed by atoms with Crippen molar-refractivity contribution in [2.45, 2.75) is 42.6 Å². The summed E-state index contributed by atoms with van der Waals surface area (Å²) in [7, 11) is -2.58. The summed E-state index contributed by atoms with van der Waals surface area (Å²) in [6.45, 7) is 0.151. The molecule has 2 aromatic heterocycles. The van der Waals surface area contributed by atoms with Crippen LogP contribution >= 0.6 is 0 Å². The van der Waals surface area contributed by atoms with Gasteiger partial charge in [-0.3, -0.25) is 4.79 Å². The third kappa shape index (κ3) is 4.62. The Kier molecular flexibility index (Phi) is 6.48. The van der Waals surface area contributed by atoms with Crippen molar-refractivity contribution < 1.29 is 35.9 Å². The Balaban J connectivity index is 1.67. The van der Waals surface area contributed by atoms with E-state index in [1.807, 2.05) is 0 Å². The molecule has 0 spiro atoms. The minimum absolute atomic E-state index is 0.355. The molecule has 1 fully saturated rings. The molecule has 31 heavy (non-hydrogen) atoms. The molecule has 1 saturated heterocycles. The number of hydrogen-bond donors (Lipinski definition) is 2. The van der Waals surface area contributed by atoms with Crippen LogP contribution in [-0.4, -0.2) is 59.1 Å². The number of furan rings is 1. The number of aromatic nitrogens is 2. The fourth-order valence-corrected chi connectivity index (χ4v) is 4.83. The first-order valence-corrected chi connectivity index (χ1v) is 11.1. The Labute approximate surface area is 176 Å². The number of sulfonamides is 1. The van der Waals surface area contributed by atoms with Crippen molar-refractivity contribution in [2.75, 3.05) is 19.6 Å². The second-order valence-corrected chi connectivity index (χ2v) is 9.18. The van der Waals surface area contributed by atoms with Gasteiger partial charge in [-0.15, -0.1) is 0 Å². The molecule has 1 amide bonds. The molecule has 1 atom stereocenters. The Morgan fingerprint density at radius 1 is 1.26 bits per heavy atom. The zero-order chi connectivity index (χ0) is 22.9. The molecule has 1 unspecified atom stereocenters. The molecule has 2 N–H and O–H groups in total. The van der Waals surface area contributed by atoms with Crippen molar-refractivity contribution >= 4 is 15.9 Å². The van der Waals surface area contributed by atoms with Crippen LogP contribution in [0.1, 0.15) is 42.1 Å². The van der Waals surface area contributed by atoms with Crippen LogP contribution in [0.5, 0.6) is 0 Å². The highest BCUT2D eigenvalue weighted by Crippen LogP contribution is 2.40. The highest BCUT2D eigenvalue weighted by atomic mass is 32.2. The van der Waals surface area contributed by atoms with Gasteiger partial charge >= 0.3 is 6.18 Å². The van der Waals surface area contributed by atoms with Crippen LogP contribution in [0.3, 0.4) is 0 Å². The number of amides is 1. The predicted octanol–water partition coefficient (Wildman–Crippen LogP) is 1.76. The molecule has 0 bridgehead atoms. The van der Waals surface area contributed by atoms with Gasteiger partial charge in [0, 0.05) is 45.5 Å². The lowest BCUT2D eigenvalue weighted by Gasteiger charge is -2.29. The van der Waals surface area contributed by atoms with Crippen LogP contribution in [-0.2, 0) is 22.7 Å². The number of piperidine rings is 1. The molecular formula is C18H23F3N4O5S. The number of rotatable bonds is 7. The summed E-state index contributed by atoms with van der Waals surface area (Å²) < 4.78 is 73.1. The molecule has 172 valence electrons. The molecule has 1 aliphatic rings. The fraction of sp³-hybridized carbons (Fsp3) is 0.556. The van der Waals surface area contributed by atoms with Crippen molar-refractivity contribution in [3.63, 3.8) is 0 Å². The molecular weight excluding hydrogens is 441 g/mol. The van der Waals surface area contributed by atoms with Crippen LogP contribution in [0.2, 0.25) is 0 Å². The summed E-state index contributed by atoms with van der Waals surface area (Å²) >= 11 is 0. The highest BCUT2D eigenvalue weighted by molar-refractivity contribution is 7.89. The van der Waals surface area contributed by atoms with Crippen molar-refractivity contribution in [3.05, 3.63) is 36.1 Å². The average molecular weight is 464 g/mol. The zero-order valence-electron chi connectivity index (χ0n) is 16.7. The normalized spacial score (nSPS) is 18.0. The lowest BCUT2D eigenvalue weighted by molar-refractivity contribution is -0.272. The van der Waals surface area contributed by atoms with Gasteiger partial charge < -0.3 is 19.4 Å². The lowest BCUT2D eigenvalue weighted by Crippen LogP contribution is -2.46. The van der Waals surface area contributed by atoms with Gasteiger partial charge in [0.2, 0.25) is 10.7 Å². The van der Waals surface area contributed by atoms with Crippen molar-refractivity contribution in [2.24, 2.45) is 7.05 Å². The number of aryl methyl sites for hydroxylation is 1. The molecule has 3 heterocycles. The summed E-state index contributed by atoms with van der Waals surface area (Å²) in [5, 5.41) is 12.1. The van der Waals surface area contributed by atoms with Gasteiger partial charge in [-0.2, -0.15) is 17.5 Å². The van der Waals surface area contributed by atoms with Crippen LogP contribution in [0.15, 0.2) is 34.0 Å². The summed E-state index contributed by atoms with van der Waals surface area (Å²) in [6, 6.07) is 2.28. The molecule has 9 nitrogen and oxygen atoms in total. The maximum Gasteiger partial charge on any atom is 0.424 e. The van der Waals surface area contributed by atoms with Gasteiger partial charge in [-0.05, 0) is 25.0 Å². The topological polar surface area (TPSA) is 118 Å². The van der Waals surface area contributed by atoms with Crippen molar-refractivity contribution in [3.8, 4) is 0 Å². The molecule has 1 aliphatic heterocycles. The Morgan fingerprint density at radius 3 is 2.52 bits per heavy atom. The molecule has 0 aromatic carbocycles. The number of imidazole rings is 1. The van der Waals surface area contributed by atoms with Crippen LogP contribution in [0.4, 0.5) is 13.2 Å². The SMILES string of the molecule is Cn1ccnc1C(O)(CCNC(=O)c1ccc(S(=O)(=O)N2CCCCC2)o1)C(F)(F)F. The molecule has 13 heteroatoms. The first kappa shape index (κ1) is 23.3. The van der Waals surface area contributed by atoms with Gasteiger partial charge in [0.1, 0.15) is 5.82 Å². The standard InChI is InChI=1S/C18H23F3N4O5S/c1-24-12-9-23-16(24)17(27,18(19,20)21)7-8-22-15(26)13-5-6-14(30-13)31(28,29)25-10-3-2-4-11-25/h5-6,9,12,27H,2-4,7-8,10-11H2,1H3,(H,22,26). The smallest absolute Gasteiger partial charge is 0.424 e.